The van der Waals surface area contributed by atoms with Gasteiger partial charge in [0.1, 0.15) is 0 Å². The van der Waals surface area contributed by atoms with E-state index < -0.39 is 15.1 Å². The molecule has 0 aliphatic carbocycles. The fourth-order valence-corrected chi connectivity index (χ4v) is 2.80. The van der Waals surface area contributed by atoms with Crippen molar-refractivity contribution in [1.82, 2.24) is 0 Å². The van der Waals surface area contributed by atoms with Crippen LogP contribution in [0.4, 0.5) is 4.79 Å². The van der Waals surface area contributed by atoms with Crippen LogP contribution in [0.2, 0.25) is 0 Å². The molecule has 0 radical (unpaired) electrons. The lowest BCUT2D eigenvalue weighted by molar-refractivity contribution is -0.00399. The van der Waals surface area contributed by atoms with E-state index in [0.29, 0.717) is 26.2 Å². The first-order valence-corrected chi connectivity index (χ1v) is 7.44. The Morgan fingerprint density at radius 2 is 1.53 bits per heavy atom. The summed E-state index contributed by atoms with van der Waals surface area (Å²) in [4.78, 5) is 15.0. The Labute approximate surface area is 103 Å². The van der Waals surface area contributed by atoms with Gasteiger partial charge in [0.25, 0.3) is 0 Å². The molecule has 0 bridgehead atoms. The molecule has 1 amide bonds. The highest BCUT2D eigenvalue weighted by atomic mass is 28.4. The highest BCUT2D eigenvalue weighted by Crippen LogP contribution is 2.13. The second-order valence-electron chi connectivity index (χ2n) is 2.89. The predicted molar refractivity (Wildman–Crippen MR) is 65.9 cm³/mol. The summed E-state index contributed by atoms with van der Waals surface area (Å²) in [5.41, 5.74) is 0. The van der Waals surface area contributed by atoms with Crippen molar-refractivity contribution < 1.29 is 22.5 Å². The third-order valence-electron chi connectivity index (χ3n) is 1.55. The number of rotatable bonds is 8. The summed E-state index contributed by atoms with van der Waals surface area (Å²) in [5, 5.41) is 0. The van der Waals surface area contributed by atoms with Gasteiger partial charge in [-0.25, -0.2) is 4.79 Å². The van der Waals surface area contributed by atoms with E-state index in [-0.39, 0.29) is 0 Å². The van der Waals surface area contributed by atoms with E-state index >= 15 is 0 Å². The minimum absolute atomic E-state index is 0.344. The van der Waals surface area contributed by atoms with Crippen LogP contribution in [-0.4, -0.2) is 41.2 Å². The molecule has 0 atom stereocenters. The Balaban J connectivity index is 4.63. The van der Waals surface area contributed by atoms with Crippen LogP contribution in [-0.2, 0) is 17.7 Å². The quantitative estimate of drug-likeness (QED) is 0.496. The van der Waals surface area contributed by atoms with Crippen molar-refractivity contribution >= 4 is 21.4 Å². The summed E-state index contributed by atoms with van der Waals surface area (Å²) < 4.78 is 21.1. The topological polar surface area (TPSA) is 66.4 Å². The van der Waals surface area contributed by atoms with E-state index in [2.05, 4.69) is 4.99 Å². The summed E-state index contributed by atoms with van der Waals surface area (Å²) in [7, 11) is -3.37. The van der Waals surface area contributed by atoms with Gasteiger partial charge < -0.3 is 17.7 Å². The van der Waals surface area contributed by atoms with Crippen molar-refractivity contribution in [2.75, 3.05) is 19.8 Å². The van der Waals surface area contributed by atoms with E-state index in [0.717, 1.165) is 0 Å². The maximum Gasteiger partial charge on any atom is 0.752 e. The molecule has 0 saturated carbocycles. The largest absolute Gasteiger partial charge is 0.752 e. The van der Waals surface area contributed by atoms with Gasteiger partial charge >= 0.3 is 15.1 Å². The number of carbonyl (C=O) groups is 1. The molecule has 0 aromatic heterocycles. The summed E-state index contributed by atoms with van der Waals surface area (Å²) >= 11 is 0. The Bertz CT molecular complexity index is 230. The maximum atomic E-state index is 11.4. The first-order valence-electron chi connectivity index (χ1n) is 5.81. The Hall–Kier alpha value is -0.763. The van der Waals surface area contributed by atoms with Crippen molar-refractivity contribution in [3.05, 3.63) is 0 Å². The molecule has 0 aromatic rings. The van der Waals surface area contributed by atoms with Gasteiger partial charge in [0.2, 0.25) is 0 Å². The third-order valence-corrected chi connectivity index (χ3v) is 3.91. The van der Waals surface area contributed by atoms with Crippen molar-refractivity contribution in [2.45, 2.75) is 34.1 Å². The highest BCUT2D eigenvalue weighted by molar-refractivity contribution is 6.55. The molecular formula is C10H21NO5Si. The van der Waals surface area contributed by atoms with E-state index in [4.69, 9.17) is 17.7 Å². The fourth-order valence-electron chi connectivity index (χ4n) is 1.04. The van der Waals surface area contributed by atoms with Gasteiger partial charge in [-0.1, -0.05) is 6.92 Å². The fraction of sp³-hybridized carbons (Fsp3) is 0.800. The van der Waals surface area contributed by atoms with Crippen molar-refractivity contribution in [1.29, 1.82) is 0 Å². The van der Waals surface area contributed by atoms with Crippen LogP contribution in [0.15, 0.2) is 4.99 Å². The SMILES string of the molecule is CCC=NC(=O)O[Si](OCC)(OCC)OCC. The van der Waals surface area contributed by atoms with Gasteiger partial charge in [-0.15, -0.1) is 0 Å². The number of hydrogen-bond acceptors (Lipinski definition) is 5. The van der Waals surface area contributed by atoms with Gasteiger partial charge in [-0.3, -0.25) is 0 Å². The standard InChI is InChI=1S/C10H21NO5Si/c1-5-9-11-10(12)16-17(13-6-2,14-7-3)15-8-4/h9H,5-8H2,1-4H3. The normalized spacial score (nSPS) is 12.0. The molecule has 0 unspecified atom stereocenters. The second kappa shape index (κ2) is 9.29. The predicted octanol–water partition coefficient (Wildman–Crippen LogP) is 2.15. The maximum absolute atomic E-state index is 11.4. The molecule has 0 N–H and O–H groups in total. The minimum atomic E-state index is -3.37. The zero-order valence-electron chi connectivity index (χ0n) is 10.9. The number of amides is 1. The average molecular weight is 263 g/mol. The van der Waals surface area contributed by atoms with Crippen LogP contribution in [0, 0.1) is 0 Å². The molecule has 100 valence electrons. The summed E-state index contributed by atoms with van der Waals surface area (Å²) in [6.07, 6.45) is 1.38. The Morgan fingerprint density at radius 3 is 1.88 bits per heavy atom. The molecule has 6 nitrogen and oxygen atoms in total. The van der Waals surface area contributed by atoms with Crippen molar-refractivity contribution in [3.8, 4) is 0 Å². The number of carbonyl (C=O) groups excluding carboxylic acids is 1. The van der Waals surface area contributed by atoms with E-state index in [1.807, 2.05) is 6.92 Å². The smallest absolute Gasteiger partial charge is 0.433 e. The van der Waals surface area contributed by atoms with Gasteiger partial charge in [-0.05, 0) is 27.2 Å². The van der Waals surface area contributed by atoms with E-state index in [9.17, 15) is 4.79 Å². The highest BCUT2D eigenvalue weighted by Gasteiger charge is 2.49. The molecule has 7 heteroatoms. The Kier molecular flexibility index (Phi) is 8.87. The second-order valence-corrected chi connectivity index (χ2v) is 4.96. The Morgan fingerprint density at radius 1 is 1.06 bits per heavy atom. The monoisotopic (exact) mass is 263 g/mol. The summed E-state index contributed by atoms with van der Waals surface area (Å²) in [5.74, 6) is 0. The molecule has 0 rings (SSSR count). The third kappa shape index (κ3) is 6.52. The lowest BCUT2D eigenvalue weighted by Gasteiger charge is -2.24. The molecule has 0 aromatic carbocycles. The molecule has 0 aliphatic rings. The molecule has 0 saturated heterocycles. The van der Waals surface area contributed by atoms with Crippen LogP contribution < -0.4 is 0 Å². The molecule has 17 heavy (non-hydrogen) atoms. The zero-order chi connectivity index (χ0) is 13.1. The van der Waals surface area contributed by atoms with Gasteiger partial charge in [0.15, 0.2) is 0 Å². The molecule has 0 fully saturated rings. The van der Waals surface area contributed by atoms with Crippen molar-refractivity contribution in [3.63, 3.8) is 0 Å². The number of hydrogen-bond donors (Lipinski definition) is 0. The first kappa shape index (κ1) is 16.2. The van der Waals surface area contributed by atoms with Gasteiger partial charge in [0.05, 0.1) is 0 Å². The lowest BCUT2D eigenvalue weighted by atomic mass is 10.5. The molecule has 0 spiro atoms. The van der Waals surface area contributed by atoms with Crippen LogP contribution in [0.25, 0.3) is 0 Å². The zero-order valence-corrected chi connectivity index (χ0v) is 11.9. The first-order chi connectivity index (χ1) is 8.14. The average Bonchev–Trinajstić information content (AvgIpc) is 2.27. The molecule has 0 heterocycles. The van der Waals surface area contributed by atoms with Crippen LogP contribution >= 0.6 is 0 Å². The number of aliphatic imine (C=N–C) groups is 1. The van der Waals surface area contributed by atoms with E-state index in [1.54, 1.807) is 20.8 Å². The summed E-state index contributed by atoms with van der Waals surface area (Å²) in [6.45, 7) is 8.24. The van der Waals surface area contributed by atoms with Crippen LogP contribution in [0.3, 0.4) is 0 Å². The minimum Gasteiger partial charge on any atom is -0.433 e. The molecule has 0 aliphatic heterocycles. The van der Waals surface area contributed by atoms with Gasteiger partial charge in [-0.2, -0.15) is 4.99 Å². The molecular weight excluding hydrogens is 242 g/mol. The lowest BCUT2D eigenvalue weighted by Crippen LogP contribution is -2.50. The van der Waals surface area contributed by atoms with Crippen molar-refractivity contribution in [2.24, 2.45) is 4.99 Å². The van der Waals surface area contributed by atoms with Crippen LogP contribution in [0.5, 0.6) is 0 Å². The van der Waals surface area contributed by atoms with Crippen LogP contribution in [0.1, 0.15) is 34.1 Å². The summed E-state index contributed by atoms with van der Waals surface area (Å²) in [6, 6.07) is 0. The number of nitrogens with zero attached hydrogens (tertiary/aromatic N) is 1. The van der Waals surface area contributed by atoms with Gasteiger partial charge in [0, 0.05) is 26.0 Å². The van der Waals surface area contributed by atoms with E-state index in [1.165, 1.54) is 6.21 Å².